The number of hydrogen-bond donors (Lipinski definition) is 1. The molecule has 96 valence electrons. The summed E-state index contributed by atoms with van der Waals surface area (Å²) in [5, 5.41) is 0. The van der Waals surface area contributed by atoms with Gasteiger partial charge >= 0.3 is 0 Å². The summed E-state index contributed by atoms with van der Waals surface area (Å²) >= 11 is 0. The molecule has 0 saturated heterocycles. The van der Waals surface area contributed by atoms with Crippen LogP contribution < -0.4 is 5.56 Å². The second kappa shape index (κ2) is 4.68. The number of aryl methyl sites for hydroxylation is 3. The molecule has 5 heteroatoms. The molecular weight excluding hydrogens is 240 g/mol. The van der Waals surface area contributed by atoms with Gasteiger partial charge < -0.3 is 9.55 Å². The number of nitrogens with one attached hydrogen (secondary N) is 1. The summed E-state index contributed by atoms with van der Waals surface area (Å²) in [5.41, 5.74) is 3.35. The van der Waals surface area contributed by atoms with E-state index in [4.69, 9.17) is 0 Å². The lowest BCUT2D eigenvalue weighted by molar-refractivity contribution is 0.709. The fourth-order valence-electron chi connectivity index (χ4n) is 2.06. The summed E-state index contributed by atoms with van der Waals surface area (Å²) in [6, 6.07) is 8.44. The Bertz CT molecular complexity index is 755. The van der Waals surface area contributed by atoms with Gasteiger partial charge in [-0.3, -0.25) is 4.79 Å². The highest BCUT2D eigenvalue weighted by Crippen LogP contribution is 2.08. The van der Waals surface area contributed by atoms with E-state index in [2.05, 4.69) is 46.1 Å². The zero-order valence-corrected chi connectivity index (χ0v) is 10.6. The number of rotatable bonds is 3. The first-order chi connectivity index (χ1) is 9.24. The number of nitrogens with zero attached hydrogens (tertiary/aromatic N) is 3. The van der Waals surface area contributed by atoms with E-state index in [0.29, 0.717) is 11.2 Å². The van der Waals surface area contributed by atoms with Gasteiger partial charge in [-0.25, -0.2) is 9.97 Å². The van der Waals surface area contributed by atoms with Crippen molar-refractivity contribution in [2.24, 2.45) is 0 Å². The summed E-state index contributed by atoms with van der Waals surface area (Å²) in [6.07, 6.45) is 3.97. The van der Waals surface area contributed by atoms with E-state index in [1.807, 2.05) is 4.57 Å². The van der Waals surface area contributed by atoms with Crippen LogP contribution in [0.1, 0.15) is 11.1 Å². The van der Waals surface area contributed by atoms with E-state index in [0.717, 1.165) is 13.0 Å². The molecule has 0 aliphatic carbocycles. The Morgan fingerprint density at radius 2 is 2.00 bits per heavy atom. The fourth-order valence-corrected chi connectivity index (χ4v) is 2.06. The van der Waals surface area contributed by atoms with Crippen molar-refractivity contribution in [2.45, 2.75) is 19.9 Å². The molecule has 0 aliphatic heterocycles. The van der Waals surface area contributed by atoms with E-state index in [1.54, 1.807) is 6.33 Å². The van der Waals surface area contributed by atoms with E-state index in [-0.39, 0.29) is 5.56 Å². The molecule has 3 aromatic rings. The van der Waals surface area contributed by atoms with Crippen molar-refractivity contribution >= 4 is 11.2 Å². The van der Waals surface area contributed by atoms with Crippen LogP contribution in [0, 0.1) is 6.92 Å². The second-order valence-electron chi connectivity index (χ2n) is 4.58. The molecule has 0 bridgehead atoms. The minimum atomic E-state index is -0.195. The van der Waals surface area contributed by atoms with E-state index in [1.165, 1.54) is 17.5 Å². The zero-order chi connectivity index (χ0) is 13.2. The Morgan fingerprint density at radius 1 is 1.21 bits per heavy atom. The molecule has 0 atom stereocenters. The maximum atomic E-state index is 11.5. The molecule has 0 spiro atoms. The third-order valence-corrected chi connectivity index (χ3v) is 3.17. The summed E-state index contributed by atoms with van der Waals surface area (Å²) in [6.45, 7) is 2.83. The number of benzene rings is 1. The third-order valence-electron chi connectivity index (χ3n) is 3.17. The van der Waals surface area contributed by atoms with Crippen LogP contribution in [0.3, 0.4) is 0 Å². The summed E-state index contributed by atoms with van der Waals surface area (Å²) < 4.78 is 1.91. The largest absolute Gasteiger partial charge is 0.315 e. The molecule has 0 fully saturated rings. The Hall–Kier alpha value is -2.43. The van der Waals surface area contributed by atoms with Gasteiger partial charge in [-0.2, -0.15) is 0 Å². The van der Waals surface area contributed by atoms with Crippen LogP contribution in [0.25, 0.3) is 11.2 Å². The van der Waals surface area contributed by atoms with Crippen LogP contribution in [0.2, 0.25) is 0 Å². The monoisotopic (exact) mass is 254 g/mol. The van der Waals surface area contributed by atoms with Gasteiger partial charge in [0.2, 0.25) is 0 Å². The average Bonchev–Trinajstić information content (AvgIpc) is 2.83. The highest BCUT2D eigenvalue weighted by Gasteiger charge is 2.06. The van der Waals surface area contributed by atoms with Crippen molar-refractivity contribution in [1.29, 1.82) is 0 Å². The molecule has 2 aromatic heterocycles. The maximum absolute atomic E-state index is 11.5. The van der Waals surface area contributed by atoms with Crippen molar-refractivity contribution in [2.75, 3.05) is 0 Å². The molecule has 0 radical (unpaired) electrons. The topological polar surface area (TPSA) is 63.6 Å². The number of H-pyrrole nitrogens is 1. The molecular formula is C14H14N4O. The highest BCUT2D eigenvalue weighted by molar-refractivity contribution is 5.68. The molecule has 1 aromatic carbocycles. The van der Waals surface area contributed by atoms with Gasteiger partial charge in [-0.05, 0) is 18.9 Å². The van der Waals surface area contributed by atoms with E-state index >= 15 is 0 Å². The Kier molecular flexibility index (Phi) is 2.87. The predicted molar refractivity (Wildman–Crippen MR) is 73.0 cm³/mol. The molecule has 19 heavy (non-hydrogen) atoms. The molecule has 5 nitrogen and oxygen atoms in total. The van der Waals surface area contributed by atoms with Gasteiger partial charge in [0.1, 0.15) is 0 Å². The molecule has 3 rings (SSSR count). The summed E-state index contributed by atoms with van der Waals surface area (Å²) in [5.74, 6) is 0. The zero-order valence-electron chi connectivity index (χ0n) is 10.6. The molecule has 0 amide bonds. The van der Waals surface area contributed by atoms with E-state index < -0.39 is 0 Å². The molecule has 0 aliphatic rings. The van der Waals surface area contributed by atoms with E-state index in [9.17, 15) is 4.79 Å². The normalized spacial score (nSPS) is 11.0. The van der Waals surface area contributed by atoms with Gasteiger partial charge in [-0.15, -0.1) is 0 Å². The lowest BCUT2D eigenvalue weighted by Gasteiger charge is -2.04. The molecule has 2 heterocycles. The van der Waals surface area contributed by atoms with Crippen LogP contribution >= 0.6 is 0 Å². The van der Waals surface area contributed by atoms with Crippen LogP contribution in [-0.4, -0.2) is 19.5 Å². The Balaban J connectivity index is 1.84. The highest BCUT2D eigenvalue weighted by atomic mass is 16.1. The van der Waals surface area contributed by atoms with Crippen molar-refractivity contribution in [1.82, 2.24) is 19.5 Å². The van der Waals surface area contributed by atoms with Crippen LogP contribution in [0.15, 0.2) is 41.7 Å². The van der Waals surface area contributed by atoms with Gasteiger partial charge in [0, 0.05) is 6.54 Å². The maximum Gasteiger partial charge on any atom is 0.278 e. The molecule has 1 N–H and O–H groups in total. The lowest BCUT2D eigenvalue weighted by atomic mass is 10.1. The van der Waals surface area contributed by atoms with Crippen LogP contribution in [-0.2, 0) is 13.0 Å². The van der Waals surface area contributed by atoms with Crippen molar-refractivity contribution in [3.8, 4) is 0 Å². The van der Waals surface area contributed by atoms with Gasteiger partial charge in [-0.1, -0.05) is 29.8 Å². The molecule has 0 unspecified atom stereocenters. The number of aromatic nitrogens is 4. The summed E-state index contributed by atoms with van der Waals surface area (Å²) in [4.78, 5) is 22.3. The first-order valence-electron chi connectivity index (χ1n) is 6.18. The average molecular weight is 254 g/mol. The van der Waals surface area contributed by atoms with Gasteiger partial charge in [0.05, 0.1) is 12.7 Å². The third kappa shape index (κ3) is 2.27. The standard InChI is InChI=1S/C14H14N4O/c1-10-2-4-11(5-3-10)6-7-18-9-17-12-13(18)15-8-16-14(12)19/h2-5,8-9H,6-7H2,1H3,(H,15,16,19). The molecule has 0 saturated carbocycles. The Morgan fingerprint density at radius 3 is 2.79 bits per heavy atom. The number of fused-ring (bicyclic) bond motifs is 1. The SMILES string of the molecule is Cc1ccc(CCn2cnc3c(=O)[nH]cnc32)cc1. The van der Waals surface area contributed by atoms with Crippen molar-refractivity contribution in [3.63, 3.8) is 0 Å². The smallest absolute Gasteiger partial charge is 0.278 e. The summed E-state index contributed by atoms with van der Waals surface area (Å²) in [7, 11) is 0. The number of imidazole rings is 1. The van der Waals surface area contributed by atoms with Gasteiger partial charge in [0.15, 0.2) is 11.2 Å². The number of aromatic amines is 1. The first kappa shape index (κ1) is 11.6. The van der Waals surface area contributed by atoms with Crippen LogP contribution in [0.5, 0.6) is 0 Å². The van der Waals surface area contributed by atoms with Crippen molar-refractivity contribution < 1.29 is 0 Å². The lowest BCUT2D eigenvalue weighted by Crippen LogP contribution is -2.08. The van der Waals surface area contributed by atoms with Crippen molar-refractivity contribution in [3.05, 3.63) is 58.4 Å². The fraction of sp³-hybridized carbons (Fsp3) is 0.214. The first-order valence-corrected chi connectivity index (χ1v) is 6.18. The number of hydrogen-bond acceptors (Lipinski definition) is 3. The predicted octanol–water partition coefficient (Wildman–Crippen LogP) is 1.67. The minimum Gasteiger partial charge on any atom is -0.315 e. The quantitative estimate of drug-likeness (QED) is 0.773. The minimum absolute atomic E-state index is 0.195. The van der Waals surface area contributed by atoms with Crippen LogP contribution in [0.4, 0.5) is 0 Å². The Labute approximate surface area is 110 Å². The van der Waals surface area contributed by atoms with Gasteiger partial charge in [0.25, 0.3) is 5.56 Å². The second-order valence-corrected chi connectivity index (χ2v) is 4.58.